The monoisotopic (exact) mass is 1370 g/mol. The highest BCUT2D eigenvalue weighted by atomic mass is 32.1. The van der Waals surface area contributed by atoms with Crippen LogP contribution >= 0.6 is 90.7 Å². The van der Waals surface area contributed by atoms with E-state index in [0.717, 1.165) is 156 Å². The van der Waals surface area contributed by atoms with Crippen LogP contribution in [0.25, 0.3) is 61.3 Å². The zero-order valence-electron chi connectivity index (χ0n) is 54.6. The van der Waals surface area contributed by atoms with Gasteiger partial charge in [0.1, 0.15) is 0 Å². The summed E-state index contributed by atoms with van der Waals surface area (Å²) in [6.45, 7) is 15.9. The van der Waals surface area contributed by atoms with Gasteiger partial charge in [0.15, 0.2) is 0 Å². The zero-order valence-corrected chi connectivity index (χ0v) is 61.1. The van der Waals surface area contributed by atoms with Crippen LogP contribution in [0.2, 0.25) is 0 Å². The standard InChI is InChI=1S/C80H92O4S8/c1-5-9-45-81-49-17-13-21-55-25-33-71(85-55)75-41-37-67(89-75)63-53-64(68-38-42-76(90-68)72-34-26-56(86-72)22-14-18-50-82-46-10-6-2)60-31-32-62-66(70-40-44-78(92-70)74-36-28-58(88-74)24-16-20-52-84-48-12-8-4)54-65(61-30-29-59(63)79(60)80(61)62)69-39-43-77(91-69)73-35-27-57(87-73)23-15-19-51-83-47-11-7-3/h25-44,53-54,79-80H,5-24,45-52H2,1-4H3. The molecule has 0 spiro atoms. The van der Waals surface area contributed by atoms with Gasteiger partial charge >= 0.3 is 0 Å². The number of allylic oxidation sites excluding steroid dienone is 14. The van der Waals surface area contributed by atoms with E-state index in [1.54, 1.807) is 0 Å². The van der Waals surface area contributed by atoms with E-state index in [1.807, 2.05) is 90.7 Å². The smallest absolute Gasteiger partial charge is 0.0466 e. The molecule has 8 heterocycles. The molecule has 4 aliphatic rings. The van der Waals surface area contributed by atoms with Gasteiger partial charge in [-0.1, -0.05) is 77.7 Å². The molecule has 8 aromatic heterocycles. The van der Waals surface area contributed by atoms with Gasteiger partial charge in [0.05, 0.1) is 0 Å². The Kier molecular flexibility index (Phi) is 25.4. The fourth-order valence-electron chi connectivity index (χ4n) is 12.8. The predicted molar refractivity (Wildman–Crippen MR) is 407 cm³/mol. The van der Waals surface area contributed by atoms with Crippen molar-refractivity contribution < 1.29 is 18.9 Å². The highest BCUT2D eigenvalue weighted by Gasteiger charge is 2.45. The molecule has 0 aliphatic heterocycles. The fraction of sp³-hybridized carbons (Fsp3) is 0.425. The number of rotatable bonds is 40. The Morgan fingerprint density at radius 3 is 0.826 bits per heavy atom. The third-order valence-electron chi connectivity index (χ3n) is 17.9. The van der Waals surface area contributed by atoms with Crippen molar-refractivity contribution >= 4 is 113 Å². The molecular formula is C80H92O4S8. The van der Waals surface area contributed by atoms with Crippen molar-refractivity contribution in [2.24, 2.45) is 11.8 Å². The molecule has 8 aromatic rings. The van der Waals surface area contributed by atoms with Crippen molar-refractivity contribution in [1.82, 2.24) is 0 Å². The van der Waals surface area contributed by atoms with Gasteiger partial charge in [0.25, 0.3) is 0 Å². The third-order valence-corrected chi connectivity index (χ3v) is 27.7. The molecule has 4 nitrogen and oxygen atoms in total. The van der Waals surface area contributed by atoms with E-state index in [0.29, 0.717) is 0 Å². The molecule has 0 saturated heterocycles. The van der Waals surface area contributed by atoms with Crippen LogP contribution in [0.15, 0.2) is 156 Å². The third kappa shape index (κ3) is 17.1. The van der Waals surface area contributed by atoms with Gasteiger partial charge < -0.3 is 18.9 Å². The Morgan fingerprint density at radius 1 is 0.272 bits per heavy atom. The molecule has 0 fully saturated rings. The van der Waals surface area contributed by atoms with Gasteiger partial charge in [0, 0.05) is 143 Å². The lowest BCUT2D eigenvalue weighted by molar-refractivity contribution is 0.127. The fourth-order valence-corrected chi connectivity index (χ4v) is 21.5. The Morgan fingerprint density at radius 2 is 0.522 bits per heavy atom. The molecule has 12 heteroatoms. The van der Waals surface area contributed by atoms with Gasteiger partial charge in [-0.15, -0.1) is 90.7 Å². The molecule has 4 aliphatic carbocycles. The first-order chi connectivity index (χ1) is 45.5. The van der Waals surface area contributed by atoms with Crippen LogP contribution in [-0.4, -0.2) is 52.9 Å². The number of hydrogen-bond acceptors (Lipinski definition) is 12. The molecule has 484 valence electrons. The number of unbranched alkanes of at least 4 members (excludes halogenated alkanes) is 8. The Bertz CT molecular complexity index is 3640. The van der Waals surface area contributed by atoms with Gasteiger partial charge in [-0.25, -0.2) is 0 Å². The van der Waals surface area contributed by atoms with Gasteiger partial charge in [-0.05, 0) is 257 Å². The second kappa shape index (κ2) is 34.5. The summed E-state index contributed by atoms with van der Waals surface area (Å²) in [5, 5.41) is 0. The number of ether oxygens (including phenoxy) is 4. The highest BCUT2D eigenvalue weighted by Crippen LogP contribution is 2.61. The van der Waals surface area contributed by atoms with Gasteiger partial charge in [0.2, 0.25) is 0 Å². The molecule has 12 rings (SSSR count). The summed E-state index contributed by atoms with van der Waals surface area (Å²) in [4.78, 5) is 22.1. The van der Waals surface area contributed by atoms with Crippen LogP contribution in [0, 0.1) is 11.8 Å². The largest absolute Gasteiger partial charge is 0.381 e. The zero-order chi connectivity index (χ0) is 62.9. The van der Waals surface area contributed by atoms with E-state index in [4.69, 9.17) is 18.9 Å². The van der Waals surface area contributed by atoms with Crippen LogP contribution in [0.3, 0.4) is 0 Å². The van der Waals surface area contributed by atoms with E-state index in [1.165, 1.54) is 148 Å². The lowest BCUT2D eigenvalue weighted by Crippen LogP contribution is -2.32. The average Bonchev–Trinajstić information content (AvgIpc) is 0.726. The summed E-state index contributed by atoms with van der Waals surface area (Å²) in [5.74, 6) is 0.289. The summed E-state index contributed by atoms with van der Waals surface area (Å²) >= 11 is 15.8. The van der Waals surface area contributed by atoms with Crippen molar-refractivity contribution in [2.75, 3.05) is 52.9 Å². The summed E-state index contributed by atoms with van der Waals surface area (Å²) in [7, 11) is 0. The summed E-state index contributed by atoms with van der Waals surface area (Å²) < 4.78 is 23.7. The van der Waals surface area contributed by atoms with E-state index in [9.17, 15) is 0 Å². The molecule has 0 N–H and O–H groups in total. The highest BCUT2D eigenvalue weighted by molar-refractivity contribution is 7.24. The van der Waals surface area contributed by atoms with Crippen LogP contribution in [0.5, 0.6) is 0 Å². The minimum atomic E-state index is 0.144. The lowest BCUT2D eigenvalue weighted by atomic mass is 9.59. The molecular weight excluding hydrogens is 1280 g/mol. The molecule has 2 unspecified atom stereocenters. The minimum Gasteiger partial charge on any atom is -0.381 e. The van der Waals surface area contributed by atoms with E-state index in [2.05, 4.69) is 161 Å². The minimum absolute atomic E-state index is 0.144. The van der Waals surface area contributed by atoms with Crippen LogP contribution in [0.4, 0.5) is 0 Å². The quantitative estimate of drug-likeness (QED) is 0.0359. The maximum atomic E-state index is 5.91. The van der Waals surface area contributed by atoms with Crippen LogP contribution in [-0.2, 0) is 44.6 Å². The maximum absolute atomic E-state index is 5.91. The topological polar surface area (TPSA) is 36.9 Å². The molecule has 0 aromatic carbocycles. The second-order valence-corrected chi connectivity index (χ2v) is 33.8. The van der Waals surface area contributed by atoms with Crippen LogP contribution in [0.1, 0.15) is 169 Å². The van der Waals surface area contributed by atoms with Crippen LogP contribution < -0.4 is 0 Å². The van der Waals surface area contributed by atoms with Gasteiger partial charge in [-0.2, -0.15) is 0 Å². The predicted octanol–water partition coefficient (Wildman–Crippen LogP) is 25.5. The number of hydrogen-bond donors (Lipinski definition) is 0. The van der Waals surface area contributed by atoms with Crippen molar-refractivity contribution in [1.29, 1.82) is 0 Å². The van der Waals surface area contributed by atoms with E-state index in [-0.39, 0.29) is 11.8 Å². The molecule has 2 atom stereocenters. The Balaban J connectivity index is 0.885. The Hall–Kier alpha value is -4.38. The Labute approximate surface area is 581 Å². The molecule has 0 bridgehead atoms. The summed E-state index contributed by atoms with van der Waals surface area (Å²) in [6, 6.07) is 38.3. The molecule has 0 amide bonds. The molecule has 0 saturated carbocycles. The number of thiophene rings is 8. The average molecular weight is 1370 g/mol. The van der Waals surface area contributed by atoms with Crippen molar-refractivity contribution in [3.8, 4) is 39.0 Å². The van der Waals surface area contributed by atoms with E-state index < -0.39 is 0 Å². The summed E-state index contributed by atoms with van der Waals surface area (Å²) in [6.07, 6.45) is 38.1. The maximum Gasteiger partial charge on any atom is 0.0466 e. The second-order valence-electron chi connectivity index (χ2n) is 24.8. The first-order valence-corrected chi connectivity index (χ1v) is 41.1. The molecule has 92 heavy (non-hydrogen) atoms. The SMILES string of the molecule is CCCCOCCCCc1ccc(-c2ccc(C3=CC(c4ccc(-c5ccc(CCCCOCCCC)s5)s4)=C4C=CC5=C(c6ccc(-c7ccc(CCCCOCCCC)s7)s6)C=C(c6ccc(-c7ccc(CCCCOCCCC)s7)s6)C6=CC=C3C4C65)s2)s1. The normalized spacial score (nSPS) is 16.0. The first kappa shape index (κ1) is 67.6. The van der Waals surface area contributed by atoms with Crippen molar-refractivity contribution in [2.45, 2.75) is 156 Å². The van der Waals surface area contributed by atoms with Gasteiger partial charge in [-0.3, -0.25) is 0 Å². The lowest BCUT2D eigenvalue weighted by Gasteiger charge is -2.44. The van der Waals surface area contributed by atoms with Crippen molar-refractivity contribution in [3.05, 3.63) is 195 Å². The summed E-state index contributed by atoms with van der Waals surface area (Å²) in [5.41, 5.74) is 11.2. The first-order valence-electron chi connectivity index (χ1n) is 34.6. The molecule has 0 radical (unpaired) electrons. The number of aryl methyl sites for hydroxylation is 4. The van der Waals surface area contributed by atoms with Crippen molar-refractivity contribution in [3.63, 3.8) is 0 Å². The van der Waals surface area contributed by atoms with E-state index >= 15 is 0 Å².